The smallest absolute Gasteiger partial charge is 0.260 e. The maximum atomic E-state index is 5.26. The summed E-state index contributed by atoms with van der Waals surface area (Å²) < 4.78 is 4.99. The highest BCUT2D eigenvalue weighted by Crippen LogP contribution is 2.20. The molecule has 2 aromatic rings. The van der Waals surface area contributed by atoms with Gasteiger partial charge in [0.15, 0.2) is 5.65 Å². The predicted octanol–water partition coefficient (Wildman–Crippen LogP) is 0.319. The number of ether oxygens (including phenoxy) is 1. The van der Waals surface area contributed by atoms with E-state index in [1.54, 1.807) is 18.3 Å². The van der Waals surface area contributed by atoms with E-state index in [0.717, 1.165) is 0 Å². The molecule has 6 nitrogen and oxygen atoms in total. The summed E-state index contributed by atoms with van der Waals surface area (Å²) in [5, 5.41) is 0. The highest BCUT2D eigenvalue weighted by molar-refractivity contribution is 5.73. The summed E-state index contributed by atoms with van der Waals surface area (Å²) in [6.07, 6.45) is 1.64. The van der Waals surface area contributed by atoms with Gasteiger partial charge in [-0.15, -0.1) is 0 Å². The van der Waals surface area contributed by atoms with Crippen LogP contribution in [0.1, 0.15) is 0 Å². The summed E-state index contributed by atoms with van der Waals surface area (Å²) in [5.74, 6) is 5.99. The molecule has 0 saturated heterocycles. The third-order valence-electron chi connectivity index (χ3n) is 1.74. The van der Waals surface area contributed by atoms with Crippen LogP contribution in [0.2, 0.25) is 0 Å². The van der Waals surface area contributed by atoms with Crippen LogP contribution in [0.5, 0.6) is 5.88 Å². The van der Waals surface area contributed by atoms with Crippen molar-refractivity contribution in [2.75, 3.05) is 12.5 Å². The van der Waals surface area contributed by atoms with Crippen LogP contribution in [0, 0.1) is 0 Å². The van der Waals surface area contributed by atoms with Crippen LogP contribution in [-0.2, 0) is 0 Å². The van der Waals surface area contributed by atoms with Crippen LogP contribution < -0.4 is 16.0 Å². The molecular formula is C8H9N5O. The van der Waals surface area contributed by atoms with Gasteiger partial charge in [0, 0.05) is 6.20 Å². The van der Waals surface area contributed by atoms with Crippen LogP contribution >= 0.6 is 0 Å². The molecular weight excluding hydrogens is 182 g/mol. The van der Waals surface area contributed by atoms with E-state index in [1.807, 2.05) is 0 Å². The van der Waals surface area contributed by atoms with Crippen molar-refractivity contribution >= 4 is 17.0 Å². The van der Waals surface area contributed by atoms with Gasteiger partial charge in [-0.05, 0) is 12.1 Å². The maximum absolute atomic E-state index is 5.26. The van der Waals surface area contributed by atoms with Gasteiger partial charge in [0.25, 0.3) is 5.88 Å². The zero-order valence-electron chi connectivity index (χ0n) is 7.56. The lowest BCUT2D eigenvalue weighted by Crippen LogP contribution is -2.11. The van der Waals surface area contributed by atoms with Gasteiger partial charge in [0.2, 0.25) is 5.82 Å². The molecule has 14 heavy (non-hydrogen) atoms. The van der Waals surface area contributed by atoms with Crippen molar-refractivity contribution < 1.29 is 4.74 Å². The van der Waals surface area contributed by atoms with Crippen molar-refractivity contribution in [3.63, 3.8) is 0 Å². The molecule has 0 bridgehead atoms. The molecule has 0 fully saturated rings. The Morgan fingerprint density at radius 2 is 2.29 bits per heavy atom. The Balaban J connectivity index is 2.69. The second-order valence-corrected chi connectivity index (χ2v) is 2.57. The first kappa shape index (κ1) is 8.64. The number of hydrogen-bond acceptors (Lipinski definition) is 6. The maximum Gasteiger partial charge on any atom is 0.260 e. The Bertz CT molecular complexity index is 416. The van der Waals surface area contributed by atoms with Crippen molar-refractivity contribution in [1.29, 1.82) is 0 Å². The second kappa shape index (κ2) is 3.43. The Kier molecular flexibility index (Phi) is 2.11. The molecule has 0 spiro atoms. The number of nitrogens with two attached hydrogens (primary N) is 1. The first-order valence-electron chi connectivity index (χ1n) is 3.98. The minimum atomic E-state index is 0.332. The first-order chi connectivity index (χ1) is 6.85. The predicted molar refractivity (Wildman–Crippen MR) is 51.7 cm³/mol. The monoisotopic (exact) mass is 191 g/mol. The number of methoxy groups -OCH3 is 1. The largest absolute Gasteiger partial charge is 0.478 e. The number of hydrogen-bond donors (Lipinski definition) is 2. The lowest BCUT2D eigenvalue weighted by molar-refractivity contribution is 0.399. The van der Waals surface area contributed by atoms with Gasteiger partial charge in [0.05, 0.1) is 7.11 Å². The minimum absolute atomic E-state index is 0.332. The van der Waals surface area contributed by atoms with Gasteiger partial charge in [-0.1, -0.05) is 0 Å². The number of rotatable bonds is 2. The fourth-order valence-corrected chi connectivity index (χ4v) is 1.12. The summed E-state index contributed by atoms with van der Waals surface area (Å²) in [4.78, 5) is 12.3. The van der Waals surface area contributed by atoms with Crippen molar-refractivity contribution in [1.82, 2.24) is 15.0 Å². The molecule has 0 atom stereocenters. The molecule has 0 aromatic carbocycles. The quantitative estimate of drug-likeness (QED) is 0.525. The molecule has 0 unspecified atom stereocenters. The van der Waals surface area contributed by atoms with E-state index in [0.29, 0.717) is 22.9 Å². The zero-order chi connectivity index (χ0) is 9.97. The Morgan fingerprint density at radius 1 is 1.43 bits per heavy atom. The highest BCUT2D eigenvalue weighted by atomic mass is 16.5. The van der Waals surface area contributed by atoms with E-state index < -0.39 is 0 Å². The van der Waals surface area contributed by atoms with Gasteiger partial charge in [-0.2, -0.15) is 4.98 Å². The Hall–Kier alpha value is -1.95. The van der Waals surface area contributed by atoms with Gasteiger partial charge < -0.3 is 10.2 Å². The third-order valence-corrected chi connectivity index (χ3v) is 1.74. The number of nitrogen functional groups attached to an aromatic ring is 1. The molecule has 3 N–H and O–H groups in total. The van der Waals surface area contributed by atoms with Crippen molar-refractivity contribution in [3.8, 4) is 5.88 Å². The number of nitrogens with one attached hydrogen (secondary N) is 1. The molecule has 0 aliphatic rings. The topological polar surface area (TPSA) is 86.0 Å². The van der Waals surface area contributed by atoms with Gasteiger partial charge >= 0.3 is 0 Å². The van der Waals surface area contributed by atoms with Crippen LogP contribution in [0.25, 0.3) is 11.2 Å². The van der Waals surface area contributed by atoms with E-state index in [2.05, 4.69) is 20.4 Å². The second-order valence-electron chi connectivity index (χ2n) is 2.57. The van der Waals surface area contributed by atoms with E-state index in [1.165, 1.54) is 7.11 Å². The molecule has 0 radical (unpaired) electrons. The molecule has 0 aliphatic carbocycles. The highest BCUT2D eigenvalue weighted by Gasteiger charge is 2.07. The Labute approximate surface area is 80.1 Å². The number of aromatic nitrogens is 3. The van der Waals surface area contributed by atoms with Crippen molar-refractivity contribution in [2.24, 2.45) is 5.84 Å². The van der Waals surface area contributed by atoms with E-state index in [-0.39, 0.29) is 0 Å². The molecule has 72 valence electrons. The summed E-state index contributed by atoms with van der Waals surface area (Å²) in [6.45, 7) is 0. The number of nitrogens with zero attached hydrogens (tertiary/aromatic N) is 3. The standard InChI is InChI=1S/C8H9N5O/c1-14-8-7(13-9)11-5-3-2-4-10-6(5)12-8/h2-4H,9H2,1H3,(H,11,13). The average molecular weight is 191 g/mol. The molecule has 2 rings (SSSR count). The van der Waals surface area contributed by atoms with E-state index >= 15 is 0 Å². The van der Waals surface area contributed by atoms with E-state index in [4.69, 9.17) is 10.6 Å². The number of pyridine rings is 1. The lowest BCUT2D eigenvalue weighted by Gasteiger charge is -2.05. The number of fused-ring (bicyclic) bond motifs is 1. The zero-order valence-corrected chi connectivity index (χ0v) is 7.56. The summed E-state index contributed by atoms with van der Waals surface area (Å²) in [5.41, 5.74) is 3.61. The molecule has 0 amide bonds. The van der Waals surface area contributed by atoms with Gasteiger partial charge in [0.1, 0.15) is 5.52 Å². The summed E-state index contributed by atoms with van der Waals surface area (Å²) in [6, 6.07) is 3.58. The number of hydrazine groups is 1. The molecule has 0 saturated carbocycles. The fourth-order valence-electron chi connectivity index (χ4n) is 1.12. The summed E-state index contributed by atoms with van der Waals surface area (Å²) in [7, 11) is 1.50. The minimum Gasteiger partial charge on any atom is -0.478 e. The lowest BCUT2D eigenvalue weighted by atomic mass is 10.4. The normalized spacial score (nSPS) is 10.1. The molecule has 0 aliphatic heterocycles. The average Bonchev–Trinajstić information content (AvgIpc) is 2.27. The Morgan fingerprint density at radius 3 is 3.00 bits per heavy atom. The SMILES string of the molecule is COc1nc2ncccc2nc1NN. The van der Waals surface area contributed by atoms with E-state index in [9.17, 15) is 0 Å². The van der Waals surface area contributed by atoms with Crippen LogP contribution in [0.3, 0.4) is 0 Å². The van der Waals surface area contributed by atoms with Crippen molar-refractivity contribution in [2.45, 2.75) is 0 Å². The third kappa shape index (κ3) is 1.31. The van der Waals surface area contributed by atoms with Gasteiger partial charge in [-0.25, -0.2) is 15.8 Å². The van der Waals surface area contributed by atoms with Crippen LogP contribution in [0.4, 0.5) is 5.82 Å². The summed E-state index contributed by atoms with van der Waals surface area (Å²) >= 11 is 0. The first-order valence-corrected chi connectivity index (χ1v) is 3.98. The number of anilines is 1. The van der Waals surface area contributed by atoms with Gasteiger partial charge in [-0.3, -0.25) is 0 Å². The molecule has 2 aromatic heterocycles. The fraction of sp³-hybridized carbons (Fsp3) is 0.125. The van der Waals surface area contributed by atoms with Crippen molar-refractivity contribution in [3.05, 3.63) is 18.3 Å². The van der Waals surface area contributed by atoms with Crippen LogP contribution in [-0.4, -0.2) is 22.1 Å². The van der Waals surface area contributed by atoms with Crippen LogP contribution in [0.15, 0.2) is 18.3 Å². The molecule has 2 heterocycles. The molecule has 6 heteroatoms.